The van der Waals surface area contributed by atoms with Gasteiger partial charge in [0.2, 0.25) is 0 Å². The zero-order chi connectivity index (χ0) is 13.0. The molecule has 0 unspecified atom stereocenters. The zero-order valence-corrected chi connectivity index (χ0v) is 10.3. The highest BCUT2D eigenvalue weighted by atomic mass is 14.9. The lowest BCUT2D eigenvalue weighted by Gasteiger charge is -2.10. The molecule has 0 saturated carbocycles. The number of aryl methyl sites for hydroxylation is 1. The summed E-state index contributed by atoms with van der Waals surface area (Å²) in [6.45, 7) is 2.13. The van der Waals surface area contributed by atoms with E-state index in [0.717, 1.165) is 17.8 Å². The van der Waals surface area contributed by atoms with Crippen molar-refractivity contribution in [1.82, 2.24) is 0 Å². The largest absolute Gasteiger partial charge is 0.397 e. The summed E-state index contributed by atoms with van der Waals surface area (Å²) in [6, 6.07) is 15.5. The highest BCUT2D eigenvalue weighted by molar-refractivity contribution is 5.73. The molecule has 3 nitrogen and oxygen atoms in total. The second-order valence-electron chi connectivity index (χ2n) is 4.09. The molecule has 0 aliphatic rings. The Labute approximate surface area is 107 Å². The highest BCUT2D eigenvalue weighted by Gasteiger charge is 2.01. The average molecular weight is 237 g/mol. The third-order valence-corrected chi connectivity index (χ3v) is 2.82. The standard InChI is InChI=1S/C15H15N3/c1-2-11-3-6-13(7-4-11)18-15-8-5-12(10-16)9-14(15)17/h3-9,18H,2,17H2,1H3. The molecule has 3 N–H and O–H groups in total. The van der Waals surface area contributed by atoms with Crippen molar-refractivity contribution >= 4 is 17.1 Å². The highest BCUT2D eigenvalue weighted by Crippen LogP contribution is 2.24. The second kappa shape index (κ2) is 5.24. The van der Waals surface area contributed by atoms with Gasteiger partial charge in [-0.25, -0.2) is 0 Å². The molecule has 0 bridgehead atoms. The number of nitrogens with zero attached hydrogens (tertiary/aromatic N) is 1. The van der Waals surface area contributed by atoms with E-state index in [4.69, 9.17) is 11.0 Å². The Morgan fingerprint density at radius 2 is 1.89 bits per heavy atom. The van der Waals surface area contributed by atoms with E-state index in [9.17, 15) is 0 Å². The Morgan fingerprint density at radius 3 is 2.44 bits per heavy atom. The van der Waals surface area contributed by atoms with Gasteiger partial charge >= 0.3 is 0 Å². The van der Waals surface area contributed by atoms with E-state index in [-0.39, 0.29) is 0 Å². The molecular weight excluding hydrogens is 222 g/mol. The van der Waals surface area contributed by atoms with Gasteiger partial charge < -0.3 is 11.1 Å². The molecule has 2 aromatic carbocycles. The first kappa shape index (κ1) is 12.0. The van der Waals surface area contributed by atoms with Crippen LogP contribution in [0.2, 0.25) is 0 Å². The fourth-order valence-corrected chi connectivity index (χ4v) is 1.73. The summed E-state index contributed by atoms with van der Waals surface area (Å²) in [4.78, 5) is 0. The molecule has 0 radical (unpaired) electrons. The number of nitrogen functional groups attached to an aromatic ring is 1. The molecule has 0 aliphatic carbocycles. The molecule has 0 fully saturated rings. The first-order chi connectivity index (χ1) is 8.72. The number of hydrogen-bond donors (Lipinski definition) is 2. The van der Waals surface area contributed by atoms with Crippen molar-refractivity contribution in [2.75, 3.05) is 11.1 Å². The number of nitrogens with two attached hydrogens (primary N) is 1. The zero-order valence-electron chi connectivity index (χ0n) is 10.3. The van der Waals surface area contributed by atoms with Crippen molar-refractivity contribution in [3.05, 3.63) is 53.6 Å². The topological polar surface area (TPSA) is 61.8 Å². The molecule has 0 heterocycles. The monoisotopic (exact) mass is 237 g/mol. The quantitative estimate of drug-likeness (QED) is 0.804. The summed E-state index contributed by atoms with van der Waals surface area (Å²) in [5.74, 6) is 0. The van der Waals surface area contributed by atoms with Crippen LogP contribution in [0.15, 0.2) is 42.5 Å². The van der Waals surface area contributed by atoms with Crippen LogP contribution in [0, 0.1) is 11.3 Å². The summed E-state index contributed by atoms with van der Waals surface area (Å²) in [5.41, 5.74) is 10.1. The van der Waals surface area contributed by atoms with Gasteiger partial charge in [0.1, 0.15) is 0 Å². The first-order valence-electron chi connectivity index (χ1n) is 5.88. The van der Waals surface area contributed by atoms with E-state index in [0.29, 0.717) is 11.3 Å². The average Bonchev–Trinajstić information content (AvgIpc) is 2.42. The number of benzene rings is 2. The summed E-state index contributed by atoms with van der Waals surface area (Å²) < 4.78 is 0. The first-order valence-corrected chi connectivity index (χ1v) is 5.88. The molecule has 0 aromatic heterocycles. The number of anilines is 3. The van der Waals surface area contributed by atoms with Crippen LogP contribution in [0.1, 0.15) is 18.1 Å². The van der Waals surface area contributed by atoms with Crippen LogP contribution in [0.5, 0.6) is 0 Å². The van der Waals surface area contributed by atoms with Gasteiger partial charge in [-0.1, -0.05) is 19.1 Å². The van der Waals surface area contributed by atoms with Gasteiger partial charge in [0.15, 0.2) is 0 Å². The molecule has 0 aliphatic heterocycles. The minimum absolute atomic E-state index is 0.569. The fraction of sp³-hybridized carbons (Fsp3) is 0.133. The van der Waals surface area contributed by atoms with E-state index < -0.39 is 0 Å². The number of rotatable bonds is 3. The van der Waals surface area contributed by atoms with Crippen LogP contribution < -0.4 is 11.1 Å². The van der Waals surface area contributed by atoms with Crippen molar-refractivity contribution < 1.29 is 0 Å². The lowest BCUT2D eigenvalue weighted by atomic mass is 10.1. The van der Waals surface area contributed by atoms with Crippen LogP contribution in [0.4, 0.5) is 17.1 Å². The van der Waals surface area contributed by atoms with Crippen LogP contribution in [-0.2, 0) is 6.42 Å². The van der Waals surface area contributed by atoms with E-state index >= 15 is 0 Å². The molecular formula is C15H15N3. The second-order valence-corrected chi connectivity index (χ2v) is 4.09. The third kappa shape index (κ3) is 2.61. The molecule has 0 saturated heterocycles. The molecule has 2 aromatic rings. The molecule has 0 amide bonds. The Kier molecular flexibility index (Phi) is 3.49. The van der Waals surface area contributed by atoms with Crippen LogP contribution in [0.25, 0.3) is 0 Å². The smallest absolute Gasteiger partial charge is 0.0992 e. The SMILES string of the molecule is CCc1ccc(Nc2ccc(C#N)cc2N)cc1. The molecule has 0 atom stereocenters. The van der Waals surface area contributed by atoms with Gasteiger partial charge in [-0.3, -0.25) is 0 Å². The van der Waals surface area contributed by atoms with E-state index in [1.807, 2.05) is 18.2 Å². The van der Waals surface area contributed by atoms with Crippen molar-refractivity contribution in [1.29, 1.82) is 5.26 Å². The number of nitriles is 1. The van der Waals surface area contributed by atoms with Crippen molar-refractivity contribution in [3.63, 3.8) is 0 Å². The Hall–Kier alpha value is -2.47. The summed E-state index contributed by atoms with van der Waals surface area (Å²) >= 11 is 0. The van der Waals surface area contributed by atoms with Gasteiger partial charge in [-0.05, 0) is 42.3 Å². The predicted octanol–water partition coefficient (Wildman–Crippen LogP) is 3.45. The molecule has 2 rings (SSSR count). The van der Waals surface area contributed by atoms with Gasteiger partial charge in [0.25, 0.3) is 0 Å². The third-order valence-electron chi connectivity index (χ3n) is 2.82. The maximum Gasteiger partial charge on any atom is 0.0992 e. The number of hydrogen-bond acceptors (Lipinski definition) is 3. The fourth-order valence-electron chi connectivity index (χ4n) is 1.73. The lowest BCUT2D eigenvalue weighted by molar-refractivity contribution is 1.14. The maximum atomic E-state index is 8.77. The molecule has 90 valence electrons. The summed E-state index contributed by atoms with van der Waals surface area (Å²) in [7, 11) is 0. The van der Waals surface area contributed by atoms with Crippen LogP contribution in [0.3, 0.4) is 0 Å². The van der Waals surface area contributed by atoms with Crippen LogP contribution in [-0.4, -0.2) is 0 Å². The summed E-state index contributed by atoms with van der Waals surface area (Å²) in [6.07, 6.45) is 1.03. The van der Waals surface area contributed by atoms with E-state index in [2.05, 4.69) is 30.4 Å². The minimum atomic E-state index is 0.569. The van der Waals surface area contributed by atoms with Gasteiger partial charge in [-0.2, -0.15) is 5.26 Å². The Morgan fingerprint density at radius 1 is 1.17 bits per heavy atom. The van der Waals surface area contributed by atoms with Crippen molar-refractivity contribution in [3.8, 4) is 6.07 Å². The summed E-state index contributed by atoms with van der Waals surface area (Å²) in [5, 5.41) is 12.0. The normalized spacial score (nSPS) is 9.78. The number of nitrogens with one attached hydrogen (secondary N) is 1. The predicted molar refractivity (Wildman–Crippen MR) is 74.7 cm³/mol. The van der Waals surface area contributed by atoms with Gasteiger partial charge in [-0.15, -0.1) is 0 Å². The van der Waals surface area contributed by atoms with E-state index in [1.54, 1.807) is 12.1 Å². The lowest BCUT2D eigenvalue weighted by Crippen LogP contribution is -1.97. The minimum Gasteiger partial charge on any atom is -0.397 e. The van der Waals surface area contributed by atoms with Gasteiger partial charge in [0.05, 0.1) is 23.0 Å². The Balaban J connectivity index is 2.20. The maximum absolute atomic E-state index is 8.77. The van der Waals surface area contributed by atoms with Crippen molar-refractivity contribution in [2.45, 2.75) is 13.3 Å². The molecule has 18 heavy (non-hydrogen) atoms. The van der Waals surface area contributed by atoms with Crippen molar-refractivity contribution in [2.24, 2.45) is 0 Å². The molecule has 0 spiro atoms. The Bertz CT molecular complexity index is 580. The van der Waals surface area contributed by atoms with E-state index in [1.165, 1.54) is 5.56 Å². The van der Waals surface area contributed by atoms with Gasteiger partial charge in [0, 0.05) is 5.69 Å². The molecule has 3 heteroatoms. The van der Waals surface area contributed by atoms with Crippen LogP contribution >= 0.6 is 0 Å².